The van der Waals surface area contributed by atoms with Gasteiger partial charge in [-0.2, -0.15) is 0 Å². The first-order valence-corrected chi connectivity index (χ1v) is 7.71. The molecule has 0 aromatic heterocycles. The molecule has 0 bridgehead atoms. The van der Waals surface area contributed by atoms with Gasteiger partial charge in [0, 0.05) is 0 Å². The molecule has 2 rings (SSSR count). The summed E-state index contributed by atoms with van der Waals surface area (Å²) in [7, 11) is 0. The van der Waals surface area contributed by atoms with Crippen LogP contribution < -0.4 is 0 Å². The third-order valence-corrected chi connectivity index (χ3v) is 3.50. The zero-order valence-corrected chi connectivity index (χ0v) is 13.8. The number of hydrogen-bond acceptors (Lipinski definition) is 3. The van der Waals surface area contributed by atoms with Gasteiger partial charge in [-0.25, -0.2) is 9.59 Å². The van der Waals surface area contributed by atoms with E-state index in [0.717, 1.165) is 12.8 Å². The molecule has 24 heavy (non-hydrogen) atoms. The number of aryl methyl sites for hydroxylation is 1. The van der Waals surface area contributed by atoms with Crippen molar-refractivity contribution in [3.63, 3.8) is 0 Å². The van der Waals surface area contributed by atoms with Crippen molar-refractivity contribution in [3.8, 4) is 5.75 Å². The Morgan fingerprint density at radius 3 is 2.00 bits per heavy atom. The first-order valence-electron chi connectivity index (χ1n) is 7.71. The number of carboxylic acid groups (broad SMARTS) is 2. The van der Waals surface area contributed by atoms with Crippen LogP contribution in [0.1, 0.15) is 51.6 Å². The zero-order valence-electron chi connectivity index (χ0n) is 13.8. The van der Waals surface area contributed by atoms with Crippen LogP contribution in [0.15, 0.2) is 42.5 Å². The molecular weight excluding hydrogens is 308 g/mol. The Labute approximate surface area is 141 Å². The standard InChI is InChI=1S/C13H16O4.C6H6O/c1-3-4-5-9-10(12(14)15)7-6-8(2)11(9)13(16)17;7-6-4-2-1-3-5-6/h6-7H,3-5H2,1-2H3,(H,14,15)(H,16,17);1-5,7H. The Kier molecular flexibility index (Phi) is 7.49. The normalized spacial score (nSPS) is 9.75. The number of hydrogen-bond donors (Lipinski definition) is 3. The summed E-state index contributed by atoms with van der Waals surface area (Å²) in [6.45, 7) is 3.67. The van der Waals surface area contributed by atoms with Crippen molar-refractivity contribution in [3.05, 3.63) is 64.7 Å². The Balaban J connectivity index is 0.000000341. The van der Waals surface area contributed by atoms with E-state index in [0.29, 0.717) is 23.3 Å². The summed E-state index contributed by atoms with van der Waals surface area (Å²) in [5, 5.41) is 26.9. The lowest BCUT2D eigenvalue weighted by Gasteiger charge is -2.12. The van der Waals surface area contributed by atoms with E-state index in [9.17, 15) is 9.59 Å². The van der Waals surface area contributed by atoms with Gasteiger partial charge in [0.05, 0.1) is 11.1 Å². The molecule has 3 N–H and O–H groups in total. The van der Waals surface area contributed by atoms with Gasteiger partial charge in [0.25, 0.3) is 0 Å². The highest BCUT2D eigenvalue weighted by Crippen LogP contribution is 2.21. The van der Waals surface area contributed by atoms with Gasteiger partial charge in [0.15, 0.2) is 0 Å². The topological polar surface area (TPSA) is 94.8 Å². The largest absolute Gasteiger partial charge is 0.508 e. The molecule has 0 unspecified atom stereocenters. The van der Waals surface area contributed by atoms with E-state index >= 15 is 0 Å². The van der Waals surface area contributed by atoms with E-state index < -0.39 is 11.9 Å². The Morgan fingerprint density at radius 1 is 0.958 bits per heavy atom. The molecule has 0 fully saturated rings. The lowest BCUT2D eigenvalue weighted by Crippen LogP contribution is -2.12. The number of benzene rings is 2. The van der Waals surface area contributed by atoms with Gasteiger partial charge in [-0.15, -0.1) is 0 Å². The molecule has 0 aliphatic carbocycles. The number of phenolic OH excluding ortho intramolecular Hbond substituents is 1. The maximum absolute atomic E-state index is 11.2. The van der Waals surface area contributed by atoms with Crippen LogP contribution in [0.2, 0.25) is 0 Å². The number of rotatable bonds is 5. The Bertz CT molecular complexity index is 692. The minimum Gasteiger partial charge on any atom is -0.508 e. The Morgan fingerprint density at radius 2 is 1.58 bits per heavy atom. The quantitative estimate of drug-likeness (QED) is 0.766. The van der Waals surface area contributed by atoms with Crippen molar-refractivity contribution < 1.29 is 24.9 Å². The maximum atomic E-state index is 11.2. The van der Waals surface area contributed by atoms with E-state index in [-0.39, 0.29) is 11.1 Å². The molecule has 5 nitrogen and oxygen atoms in total. The predicted octanol–water partition coefficient (Wildman–Crippen LogP) is 4.13. The fourth-order valence-corrected chi connectivity index (χ4v) is 2.30. The van der Waals surface area contributed by atoms with Gasteiger partial charge >= 0.3 is 11.9 Å². The van der Waals surface area contributed by atoms with Crippen LogP contribution in [-0.2, 0) is 6.42 Å². The summed E-state index contributed by atoms with van der Waals surface area (Å²) < 4.78 is 0. The molecule has 0 radical (unpaired) electrons. The van der Waals surface area contributed by atoms with Crippen LogP contribution in [0.5, 0.6) is 5.75 Å². The minimum absolute atomic E-state index is 0.0986. The molecule has 2 aromatic carbocycles. The highest BCUT2D eigenvalue weighted by atomic mass is 16.4. The predicted molar refractivity (Wildman–Crippen MR) is 91.8 cm³/mol. The third-order valence-electron chi connectivity index (χ3n) is 3.50. The molecule has 5 heteroatoms. The fraction of sp³-hybridized carbons (Fsp3) is 0.263. The van der Waals surface area contributed by atoms with Gasteiger partial charge in [-0.05, 0) is 49.1 Å². The third kappa shape index (κ3) is 5.43. The van der Waals surface area contributed by atoms with E-state index in [1.165, 1.54) is 6.07 Å². The first kappa shape index (κ1) is 19.2. The molecule has 0 atom stereocenters. The summed E-state index contributed by atoms with van der Waals surface area (Å²) in [6, 6.07) is 11.7. The molecule has 0 spiro atoms. The summed E-state index contributed by atoms with van der Waals surface area (Å²) in [4.78, 5) is 22.3. The van der Waals surface area contributed by atoms with Gasteiger partial charge in [-0.1, -0.05) is 37.6 Å². The molecule has 0 saturated carbocycles. The number of para-hydroxylation sites is 1. The van der Waals surface area contributed by atoms with Gasteiger partial charge in [-0.3, -0.25) is 0 Å². The van der Waals surface area contributed by atoms with Crippen molar-refractivity contribution in [2.45, 2.75) is 33.1 Å². The van der Waals surface area contributed by atoms with Crippen LogP contribution in [0.4, 0.5) is 0 Å². The monoisotopic (exact) mass is 330 g/mol. The maximum Gasteiger partial charge on any atom is 0.336 e. The fourth-order valence-electron chi connectivity index (χ4n) is 2.30. The van der Waals surface area contributed by atoms with Crippen molar-refractivity contribution in [1.82, 2.24) is 0 Å². The number of carbonyl (C=O) groups is 2. The van der Waals surface area contributed by atoms with Gasteiger partial charge in [0.2, 0.25) is 0 Å². The van der Waals surface area contributed by atoms with Crippen molar-refractivity contribution in [2.24, 2.45) is 0 Å². The van der Waals surface area contributed by atoms with Gasteiger partial charge in [0.1, 0.15) is 5.75 Å². The van der Waals surface area contributed by atoms with Crippen LogP contribution in [0.3, 0.4) is 0 Å². The number of aromatic hydroxyl groups is 1. The molecule has 0 aliphatic rings. The lowest BCUT2D eigenvalue weighted by molar-refractivity contribution is 0.0694. The average molecular weight is 330 g/mol. The van der Waals surface area contributed by atoms with E-state index in [4.69, 9.17) is 15.3 Å². The highest BCUT2D eigenvalue weighted by Gasteiger charge is 2.19. The molecule has 0 amide bonds. The first-order chi connectivity index (χ1) is 11.4. The van der Waals surface area contributed by atoms with Crippen molar-refractivity contribution in [2.75, 3.05) is 0 Å². The number of carboxylic acids is 2. The smallest absolute Gasteiger partial charge is 0.336 e. The number of unbranched alkanes of at least 4 members (excludes halogenated alkanes) is 1. The molecule has 0 heterocycles. The lowest BCUT2D eigenvalue weighted by atomic mass is 9.93. The van der Waals surface area contributed by atoms with E-state index in [2.05, 4.69) is 0 Å². The van der Waals surface area contributed by atoms with Gasteiger partial charge < -0.3 is 15.3 Å². The van der Waals surface area contributed by atoms with Crippen molar-refractivity contribution >= 4 is 11.9 Å². The zero-order chi connectivity index (χ0) is 18.1. The van der Waals surface area contributed by atoms with E-state index in [1.807, 2.05) is 13.0 Å². The number of aromatic carboxylic acids is 2. The van der Waals surface area contributed by atoms with Crippen LogP contribution in [-0.4, -0.2) is 27.3 Å². The number of phenols is 1. The summed E-state index contributed by atoms with van der Waals surface area (Å²) in [5.74, 6) is -1.81. The molecule has 128 valence electrons. The molecule has 0 aliphatic heterocycles. The Hall–Kier alpha value is -2.82. The molecule has 0 saturated heterocycles. The van der Waals surface area contributed by atoms with Crippen LogP contribution >= 0.6 is 0 Å². The average Bonchev–Trinajstić information content (AvgIpc) is 2.53. The minimum atomic E-state index is -1.07. The van der Waals surface area contributed by atoms with Crippen LogP contribution in [0.25, 0.3) is 0 Å². The second-order valence-corrected chi connectivity index (χ2v) is 5.33. The second kappa shape index (κ2) is 9.35. The van der Waals surface area contributed by atoms with E-state index in [1.54, 1.807) is 37.3 Å². The SMILES string of the molecule is CCCCc1c(C(=O)O)ccc(C)c1C(=O)O.Oc1ccccc1. The molecule has 2 aromatic rings. The highest BCUT2D eigenvalue weighted by molar-refractivity contribution is 5.97. The van der Waals surface area contributed by atoms with Crippen LogP contribution in [0, 0.1) is 6.92 Å². The second-order valence-electron chi connectivity index (χ2n) is 5.33. The molecular formula is C19H22O5. The summed E-state index contributed by atoms with van der Waals surface area (Å²) in [5.41, 5.74) is 1.28. The summed E-state index contributed by atoms with van der Waals surface area (Å²) >= 11 is 0. The summed E-state index contributed by atoms with van der Waals surface area (Å²) in [6.07, 6.45) is 2.16. The van der Waals surface area contributed by atoms with Crippen molar-refractivity contribution in [1.29, 1.82) is 0 Å².